The van der Waals surface area contributed by atoms with Gasteiger partial charge in [0.2, 0.25) is 0 Å². The Morgan fingerprint density at radius 2 is 1.76 bits per heavy atom. The van der Waals surface area contributed by atoms with Crippen LogP contribution in [0.25, 0.3) is 11.0 Å². The van der Waals surface area contributed by atoms with E-state index in [1.54, 1.807) is 30.3 Å². The number of rotatable bonds is 7. The van der Waals surface area contributed by atoms with E-state index in [0.717, 1.165) is 0 Å². The molecule has 0 fully saturated rings. The zero-order valence-electron chi connectivity index (χ0n) is 19.1. The second kappa shape index (κ2) is 10.0. The number of aromatic nitrogens is 2. The number of nitrogens with zero attached hydrogens (tertiary/aromatic N) is 2. The highest BCUT2D eigenvalue weighted by Crippen LogP contribution is 2.35. The van der Waals surface area contributed by atoms with Crippen LogP contribution in [0.5, 0.6) is 0 Å². The summed E-state index contributed by atoms with van der Waals surface area (Å²) >= 11 is 0. The predicted molar refractivity (Wildman–Crippen MR) is 127 cm³/mol. The van der Waals surface area contributed by atoms with Crippen molar-refractivity contribution in [1.82, 2.24) is 9.97 Å². The number of aliphatic hydroxyl groups is 1. The predicted octanol–water partition coefficient (Wildman–Crippen LogP) is 3.82. The summed E-state index contributed by atoms with van der Waals surface area (Å²) in [5.41, 5.74) is -2.78. The molecule has 3 N–H and O–H groups in total. The lowest BCUT2D eigenvalue weighted by molar-refractivity contribution is -0.384. The highest BCUT2D eigenvalue weighted by Gasteiger charge is 2.33. The van der Waals surface area contributed by atoms with Gasteiger partial charge in [0.15, 0.2) is 11.7 Å². The zero-order chi connectivity index (χ0) is 27.6. The van der Waals surface area contributed by atoms with Crippen LogP contribution >= 0.6 is 0 Å². The monoisotopic (exact) mass is 525 g/mol. The molecule has 0 saturated heterocycles. The van der Waals surface area contributed by atoms with Crippen LogP contribution < -0.4 is 16.0 Å². The first kappa shape index (κ1) is 25.9. The molecule has 0 amide bonds. The van der Waals surface area contributed by atoms with Crippen LogP contribution in [-0.2, 0) is 12.6 Å². The number of nitro benzene ring substituents is 1. The summed E-state index contributed by atoms with van der Waals surface area (Å²) in [6.07, 6.45) is -5.58. The maximum absolute atomic E-state index is 12.9. The molecule has 194 valence electrons. The number of benzene rings is 3. The number of ketones is 1. The first-order chi connectivity index (χ1) is 17.9. The van der Waals surface area contributed by atoms with Crippen molar-refractivity contribution in [2.45, 2.75) is 12.6 Å². The number of hydrogen-bond acceptors (Lipinski definition) is 8. The Bertz CT molecular complexity index is 1650. The molecule has 0 spiro atoms. The number of anilines is 1. The average Bonchev–Trinajstić information content (AvgIpc) is 2.88. The molecule has 10 nitrogen and oxygen atoms in total. The van der Waals surface area contributed by atoms with E-state index in [1.165, 1.54) is 18.2 Å². The van der Waals surface area contributed by atoms with Crippen LogP contribution in [0.3, 0.4) is 0 Å². The number of carbonyl (C=O) groups is 1. The Morgan fingerprint density at radius 3 is 2.42 bits per heavy atom. The number of alkyl halides is 3. The fourth-order valence-electron chi connectivity index (χ4n) is 3.54. The van der Waals surface area contributed by atoms with Crippen molar-refractivity contribution >= 4 is 28.2 Å². The Hall–Kier alpha value is -5.20. The van der Waals surface area contributed by atoms with Crippen LogP contribution in [0, 0.1) is 10.1 Å². The number of nitro groups is 1. The largest absolute Gasteiger partial charge is 0.872 e. The Labute approximate surface area is 210 Å². The highest BCUT2D eigenvalue weighted by molar-refractivity contribution is 6.10. The lowest BCUT2D eigenvalue weighted by atomic mass is 10.0. The third-order valence-electron chi connectivity index (χ3n) is 5.43. The van der Waals surface area contributed by atoms with Gasteiger partial charge in [0, 0.05) is 23.6 Å². The molecule has 4 rings (SSSR count). The summed E-state index contributed by atoms with van der Waals surface area (Å²) in [6, 6.07) is 14.3. The molecule has 1 aromatic heterocycles. The van der Waals surface area contributed by atoms with E-state index in [2.05, 4.69) is 9.97 Å². The van der Waals surface area contributed by atoms with E-state index in [9.17, 15) is 43.1 Å². The molecular formula is C25H16F3N4O6-. The standard InChI is InChI=1S/C25H17F3N4O6/c26-25(27,28)15-7-9-17(20(11-15)32(37)38)30-24(36)21(33)12-19-23(35)31-18-10-14(6-8-16(18)29-19)22(34)13-4-2-1-3-5-13/h1-11,30,33,36H,12H2,(H,31,35)/p-1. The maximum Gasteiger partial charge on any atom is 0.416 e. The van der Waals surface area contributed by atoms with Crippen molar-refractivity contribution in [3.8, 4) is 0 Å². The minimum Gasteiger partial charge on any atom is -0.872 e. The quantitative estimate of drug-likeness (QED) is 0.142. The van der Waals surface area contributed by atoms with E-state index in [0.29, 0.717) is 23.3 Å². The van der Waals surface area contributed by atoms with Crippen molar-refractivity contribution in [3.63, 3.8) is 0 Å². The van der Waals surface area contributed by atoms with Crippen molar-refractivity contribution in [2.75, 3.05) is 5.32 Å². The minimum absolute atomic E-state index is 0.222. The van der Waals surface area contributed by atoms with Crippen molar-refractivity contribution < 1.29 is 33.1 Å². The molecule has 0 aliphatic rings. The molecule has 0 radical (unpaired) electrons. The van der Waals surface area contributed by atoms with Crippen molar-refractivity contribution in [3.05, 3.63) is 121 Å². The number of allylic oxidation sites excluding steroid dienone is 1. The van der Waals surface area contributed by atoms with Crippen LogP contribution in [0.15, 0.2) is 83.2 Å². The van der Waals surface area contributed by atoms with Gasteiger partial charge in [-0.05, 0) is 30.3 Å². The van der Waals surface area contributed by atoms with Crippen molar-refractivity contribution in [1.29, 1.82) is 0 Å². The zero-order valence-corrected chi connectivity index (χ0v) is 19.1. The number of hydrogen-bond donors (Lipinski definition) is 3. The second-order valence-electron chi connectivity index (χ2n) is 8.00. The number of carbonyl (C=O) groups excluding carboxylic acids is 1. The third kappa shape index (κ3) is 5.46. The molecule has 0 saturated carbocycles. The van der Waals surface area contributed by atoms with E-state index in [4.69, 9.17) is 0 Å². The number of nitrogens with one attached hydrogen (secondary N) is 2. The number of aromatic amines is 1. The molecule has 0 aliphatic carbocycles. The highest BCUT2D eigenvalue weighted by atomic mass is 19.4. The Kier molecular flexibility index (Phi) is 6.84. The summed E-state index contributed by atoms with van der Waals surface area (Å²) in [5.74, 6) is -2.53. The van der Waals surface area contributed by atoms with Gasteiger partial charge < -0.3 is 20.5 Å². The average molecular weight is 525 g/mol. The first-order valence-electron chi connectivity index (χ1n) is 10.8. The van der Waals surface area contributed by atoms with Crippen LogP contribution in [-0.4, -0.2) is 25.8 Å². The van der Waals surface area contributed by atoms with Gasteiger partial charge in [-0.25, -0.2) is 4.98 Å². The number of fused-ring (bicyclic) bond motifs is 1. The Morgan fingerprint density at radius 1 is 1.05 bits per heavy atom. The van der Waals surface area contributed by atoms with Gasteiger partial charge >= 0.3 is 6.18 Å². The summed E-state index contributed by atoms with van der Waals surface area (Å²) in [6.45, 7) is 0. The topological polar surface area (TPSA) is 161 Å². The molecule has 13 heteroatoms. The molecule has 38 heavy (non-hydrogen) atoms. The van der Waals surface area contributed by atoms with E-state index in [-0.39, 0.29) is 28.6 Å². The first-order valence-corrected chi connectivity index (χ1v) is 10.8. The van der Waals surface area contributed by atoms with Gasteiger partial charge in [0.25, 0.3) is 11.2 Å². The maximum atomic E-state index is 12.9. The summed E-state index contributed by atoms with van der Waals surface area (Å²) in [4.78, 5) is 41.9. The van der Waals surface area contributed by atoms with Crippen molar-refractivity contribution in [2.24, 2.45) is 0 Å². The molecule has 0 atom stereocenters. The van der Waals surface area contributed by atoms with Crippen LogP contribution in [0.2, 0.25) is 0 Å². The molecule has 1 heterocycles. The molecule has 0 bridgehead atoms. The van der Waals surface area contributed by atoms with Crippen LogP contribution in [0.1, 0.15) is 27.2 Å². The lowest BCUT2D eigenvalue weighted by Crippen LogP contribution is -2.22. The van der Waals surface area contributed by atoms with E-state index >= 15 is 0 Å². The molecule has 4 aromatic rings. The van der Waals surface area contributed by atoms with E-state index in [1.807, 2.05) is 5.32 Å². The van der Waals surface area contributed by atoms with E-state index < -0.39 is 51.7 Å². The molecule has 3 aromatic carbocycles. The number of halogens is 3. The van der Waals surface area contributed by atoms with Gasteiger partial charge in [0.05, 0.1) is 21.5 Å². The second-order valence-corrected chi connectivity index (χ2v) is 8.00. The molecular weight excluding hydrogens is 509 g/mol. The lowest BCUT2D eigenvalue weighted by Gasteiger charge is -2.16. The molecule has 0 unspecified atom stereocenters. The van der Waals surface area contributed by atoms with Gasteiger partial charge in [-0.15, -0.1) is 0 Å². The minimum atomic E-state index is -4.84. The summed E-state index contributed by atoms with van der Waals surface area (Å²) < 4.78 is 38.6. The van der Waals surface area contributed by atoms with Gasteiger partial charge in [-0.2, -0.15) is 13.2 Å². The van der Waals surface area contributed by atoms with Crippen LogP contribution in [0.4, 0.5) is 24.5 Å². The Balaban J connectivity index is 1.59. The third-order valence-corrected chi connectivity index (χ3v) is 5.43. The smallest absolute Gasteiger partial charge is 0.416 e. The fourth-order valence-corrected chi connectivity index (χ4v) is 3.54. The number of H-pyrrole nitrogens is 1. The summed E-state index contributed by atoms with van der Waals surface area (Å²) in [5, 5.41) is 35.8. The van der Waals surface area contributed by atoms with Gasteiger partial charge in [-0.3, -0.25) is 19.7 Å². The SMILES string of the molecule is O=C(c1ccccc1)c1ccc2nc(CC([O-])=C(O)Nc3ccc(C(F)(F)F)cc3[N+](=O)[O-])c(=O)[nH]c2c1. The molecule has 0 aliphatic heterocycles. The van der Waals surface area contributed by atoms with Gasteiger partial charge in [-0.1, -0.05) is 36.1 Å². The van der Waals surface area contributed by atoms with Gasteiger partial charge in [0.1, 0.15) is 11.4 Å². The summed E-state index contributed by atoms with van der Waals surface area (Å²) in [7, 11) is 0. The number of aliphatic hydroxyl groups excluding tert-OH is 1. The fraction of sp³-hybridized carbons (Fsp3) is 0.0800. The normalized spacial score (nSPS) is 12.2.